The number of hydrogen-bond donors (Lipinski definition) is 1. The quantitative estimate of drug-likeness (QED) is 0.659. The average molecular weight is 254 g/mol. The molecule has 1 aromatic rings. The Balaban J connectivity index is 2.16. The molecule has 0 atom stereocenters. The molecule has 2 rings (SSSR count). The second-order valence-corrected chi connectivity index (χ2v) is 4.47. The molecule has 0 amide bonds. The van der Waals surface area contributed by atoms with Crippen molar-refractivity contribution < 1.29 is 9.13 Å². The van der Waals surface area contributed by atoms with Gasteiger partial charge in [-0.05, 0) is 24.6 Å². The zero-order valence-corrected chi connectivity index (χ0v) is 10.5. The van der Waals surface area contributed by atoms with Crippen molar-refractivity contribution in [1.29, 1.82) is 0 Å². The van der Waals surface area contributed by atoms with Gasteiger partial charge in [0.1, 0.15) is 5.82 Å². The van der Waals surface area contributed by atoms with Gasteiger partial charge in [0.15, 0.2) is 0 Å². The lowest BCUT2D eigenvalue weighted by Crippen LogP contribution is -2.38. The molecule has 0 bridgehead atoms. The van der Waals surface area contributed by atoms with E-state index in [1.807, 2.05) is 0 Å². The Bertz CT molecular complexity index is 425. The maximum absolute atomic E-state index is 13.1. The molecule has 92 valence electrons. The molecule has 1 aromatic carbocycles. The number of ether oxygens (including phenoxy) is 1. The first-order valence-corrected chi connectivity index (χ1v) is 5.95. The van der Waals surface area contributed by atoms with E-state index in [2.05, 4.69) is 10.2 Å². The second kappa shape index (κ2) is 5.42. The SMILES string of the molecule is COCCCN1CC(=S)Nc2cc(F)ccc21. The fourth-order valence-corrected chi connectivity index (χ4v) is 2.20. The molecule has 0 aromatic heterocycles. The highest BCUT2D eigenvalue weighted by Gasteiger charge is 2.19. The molecular weight excluding hydrogens is 239 g/mol. The van der Waals surface area contributed by atoms with Crippen molar-refractivity contribution in [2.45, 2.75) is 6.42 Å². The third-order valence-electron chi connectivity index (χ3n) is 2.68. The number of fused-ring (bicyclic) bond motifs is 1. The largest absolute Gasteiger partial charge is 0.385 e. The summed E-state index contributed by atoms with van der Waals surface area (Å²) in [4.78, 5) is 2.87. The Labute approximate surface area is 106 Å². The zero-order valence-electron chi connectivity index (χ0n) is 9.70. The first kappa shape index (κ1) is 12.3. The standard InChI is InChI=1S/C12H15FN2OS/c1-16-6-2-5-15-8-12(17)14-10-7-9(13)3-4-11(10)15/h3-4,7H,2,5-6,8H2,1H3,(H,14,17). The third-order valence-corrected chi connectivity index (χ3v) is 2.92. The van der Waals surface area contributed by atoms with Crippen molar-refractivity contribution in [3.8, 4) is 0 Å². The first-order valence-electron chi connectivity index (χ1n) is 5.54. The molecule has 1 N–H and O–H groups in total. The first-order chi connectivity index (χ1) is 8.20. The van der Waals surface area contributed by atoms with Gasteiger partial charge in [-0.2, -0.15) is 0 Å². The summed E-state index contributed by atoms with van der Waals surface area (Å²) in [5, 5.41) is 3.04. The van der Waals surface area contributed by atoms with Crippen LogP contribution >= 0.6 is 12.2 Å². The van der Waals surface area contributed by atoms with E-state index in [1.165, 1.54) is 12.1 Å². The highest BCUT2D eigenvalue weighted by molar-refractivity contribution is 7.80. The Morgan fingerprint density at radius 1 is 1.53 bits per heavy atom. The van der Waals surface area contributed by atoms with Crippen LogP contribution in [0.15, 0.2) is 18.2 Å². The van der Waals surface area contributed by atoms with Gasteiger partial charge in [0.05, 0.1) is 22.9 Å². The molecular formula is C12H15FN2OS. The molecule has 0 saturated heterocycles. The summed E-state index contributed by atoms with van der Waals surface area (Å²) in [6, 6.07) is 4.73. The molecule has 1 aliphatic rings. The monoisotopic (exact) mass is 254 g/mol. The van der Waals surface area contributed by atoms with Gasteiger partial charge in [0.25, 0.3) is 0 Å². The smallest absolute Gasteiger partial charge is 0.125 e. The molecule has 0 spiro atoms. The number of thiocarbonyl (C=S) groups is 1. The van der Waals surface area contributed by atoms with Crippen molar-refractivity contribution in [2.75, 3.05) is 37.0 Å². The van der Waals surface area contributed by atoms with Gasteiger partial charge in [-0.25, -0.2) is 4.39 Å². The predicted molar refractivity (Wildman–Crippen MR) is 71.3 cm³/mol. The molecule has 0 radical (unpaired) electrons. The molecule has 0 fully saturated rings. The van der Waals surface area contributed by atoms with E-state index in [9.17, 15) is 4.39 Å². The average Bonchev–Trinajstić information content (AvgIpc) is 2.28. The lowest BCUT2D eigenvalue weighted by Gasteiger charge is -2.32. The van der Waals surface area contributed by atoms with Crippen molar-refractivity contribution in [1.82, 2.24) is 0 Å². The molecule has 5 heteroatoms. The number of methoxy groups -OCH3 is 1. The van der Waals surface area contributed by atoms with Crippen molar-refractivity contribution in [2.24, 2.45) is 0 Å². The summed E-state index contributed by atoms with van der Waals surface area (Å²) >= 11 is 5.17. The van der Waals surface area contributed by atoms with Crippen molar-refractivity contribution in [3.63, 3.8) is 0 Å². The summed E-state index contributed by atoms with van der Waals surface area (Å²) in [6.45, 7) is 2.25. The van der Waals surface area contributed by atoms with Crippen LogP contribution in [-0.2, 0) is 4.74 Å². The van der Waals surface area contributed by atoms with Gasteiger partial charge < -0.3 is 15.0 Å². The van der Waals surface area contributed by atoms with Crippen LogP contribution in [0.3, 0.4) is 0 Å². The highest BCUT2D eigenvalue weighted by Crippen LogP contribution is 2.30. The fourth-order valence-electron chi connectivity index (χ4n) is 1.93. The molecule has 3 nitrogen and oxygen atoms in total. The van der Waals surface area contributed by atoms with Crippen LogP contribution in [-0.4, -0.2) is 31.8 Å². The molecule has 0 aliphatic carbocycles. The number of benzene rings is 1. The van der Waals surface area contributed by atoms with Crippen LogP contribution in [0.25, 0.3) is 0 Å². The van der Waals surface area contributed by atoms with E-state index >= 15 is 0 Å². The van der Waals surface area contributed by atoms with Crippen LogP contribution in [0.5, 0.6) is 0 Å². The fraction of sp³-hybridized carbons (Fsp3) is 0.417. The van der Waals surface area contributed by atoms with Gasteiger partial charge in [-0.1, -0.05) is 12.2 Å². The van der Waals surface area contributed by atoms with Crippen LogP contribution in [0.4, 0.5) is 15.8 Å². The maximum atomic E-state index is 13.1. The Kier molecular flexibility index (Phi) is 3.91. The summed E-state index contributed by atoms with van der Waals surface area (Å²) in [5.74, 6) is -0.252. The summed E-state index contributed by atoms with van der Waals surface area (Å²) < 4.78 is 18.2. The number of nitrogens with zero attached hydrogens (tertiary/aromatic N) is 1. The zero-order chi connectivity index (χ0) is 12.3. The molecule has 0 saturated carbocycles. The molecule has 1 heterocycles. The molecule has 17 heavy (non-hydrogen) atoms. The lowest BCUT2D eigenvalue weighted by molar-refractivity contribution is 0.196. The summed E-state index contributed by atoms with van der Waals surface area (Å²) in [5.41, 5.74) is 1.75. The lowest BCUT2D eigenvalue weighted by atomic mass is 10.2. The van der Waals surface area contributed by atoms with Gasteiger partial charge >= 0.3 is 0 Å². The third kappa shape index (κ3) is 2.92. The van der Waals surface area contributed by atoms with E-state index in [1.54, 1.807) is 13.2 Å². The second-order valence-electron chi connectivity index (χ2n) is 3.98. The number of halogens is 1. The topological polar surface area (TPSA) is 24.5 Å². The van der Waals surface area contributed by atoms with E-state index in [-0.39, 0.29) is 5.82 Å². The summed E-state index contributed by atoms with van der Waals surface area (Å²) in [7, 11) is 1.69. The Morgan fingerprint density at radius 3 is 3.12 bits per heavy atom. The van der Waals surface area contributed by atoms with E-state index in [0.717, 1.165) is 29.3 Å². The van der Waals surface area contributed by atoms with E-state index in [0.29, 0.717) is 13.2 Å². The van der Waals surface area contributed by atoms with Crippen LogP contribution in [0.2, 0.25) is 0 Å². The number of hydrogen-bond acceptors (Lipinski definition) is 3. The minimum absolute atomic E-state index is 0.252. The molecule has 0 unspecified atom stereocenters. The van der Waals surface area contributed by atoms with Crippen molar-refractivity contribution in [3.05, 3.63) is 24.0 Å². The van der Waals surface area contributed by atoms with Crippen LogP contribution in [0.1, 0.15) is 6.42 Å². The predicted octanol–water partition coefficient (Wildman–Crippen LogP) is 2.42. The summed E-state index contributed by atoms with van der Waals surface area (Å²) in [6.07, 6.45) is 0.927. The molecule has 1 aliphatic heterocycles. The van der Waals surface area contributed by atoms with Crippen LogP contribution in [0, 0.1) is 5.82 Å². The van der Waals surface area contributed by atoms with E-state index < -0.39 is 0 Å². The maximum Gasteiger partial charge on any atom is 0.125 e. The van der Waals surface area contributed by atoms with Crippen molar-refractivity contribution >= 4 is 28.6 Å². The van der Waals surface area contributed by atoms with Gasteiger partial charge in [-0.15, -0.1) is 0 Å². The minimum Gasteiger partial charge on any atom is -0.385 e. The normalized spacial score (nSPS) is 14.5. The van der Waals surface area contributed by atoms with Gasteiger partial charge in [0, 0.05) is 20.3 Å². The number of nitrogens with one attached hydrogen (secondary N) is 1. The minimum atomic E-state index is -0.252. The highest BCUT2D eigenvalue weighted by atomic mass is 32.1. The van der Waals surface area contributed by atoms with Gasteiger partial charge in [-0.3, -0.25) is 0 Å². The Morgan fingerprint density at radius 2 is 2.35 bits per heavy atom. The Hall–Kier alpha value is -1.20. The number of rotatable bonds is 4. The van der Waals surface area contributed by atoms with E-state index in [4.69, 9.17) is 17.0 Å². The van der Waals surface area contributed by atoms with Crippen LogP contribution < -0.4 is 10.2 Å². The number of anilines is 2. The van der Waals surface area contributed by atoms with Gasteiger partial charge in [0.2, 0.25) is 0 Å².